The van der Waals surface area contributed by atoms with Gasteiger partial charge in [-0.05, 0) is 19.9 Å². The Kier molecular flexibility index (Phi) is 6.53. The number of nitrogens with zero attached hydrogens (tertiary/aromatic N) is 1. The molecule has 0 unspecified atom stereocenters. The molecule has 1 fully saturated rings. The molecule has 0 saturated carbocycles. The number of esters is 2. The number of morpholine rings is 1. The van der Waals surface area contributed by atoms with Crippen LogP contribution in [0.4, 0.5) is 0 Å². The second kappa shape index (κ2) is 9.07. The van der Waals surface area contributed by atoms with Gasteiger partial charge in [-0.1, -0.05) is 0 Å². The molecule has 0 radical (unpaired) electrons. The number of fused-ring (bicyclic) bond motifs is 1. The van der Waals surface area contributed by atoms with Gasteiger partial charge in [-0.25, -0.2) is 4.79 Å². The Bertz CT molecular complexity index is 839. The highest BCUT2D eigenvalue weighted by atomic mass is 16.5. The van der Waals surface area contributed by atoms with Gasteiger partial charge < -0.3 is 23.9 Å². The molecule has 0 aliphatic carbocycles. The first-order valence-electron chi connectivity index (χ1n) is 9.41. The number of hydrogen-bond acceptors (Lipinski definition) is 7. The van der Waals surface area contributed by atoms with Gasteiger partial charge in [0, 0.05) is 44.1 Å². The molecule has 2 aromatic rings. The van der Waals surface area contributed by atoms with Crippen LogP contribution in [0.3, 0.4) is 0 Å². The van der Waals surface area contributed by atoms with Crippen LogP contribution in [-0.2, 0) is 14.3 Å². The smallest absolute Gasteiger partial charge is 0.354 e. The van der Waals surface area contributed by atoms with E-state index in [4.69, 9.17) is 18.9 Å². The fraction of sp³-hybridized carbons (Fsp3) is 0.500. The number of carbonyl (C=O) groups is 2. The lowest BCUT2D eigenvalue weighted by atomic mass is 10.2. The van der Waals surface area contributed by atoms with Crippen LogP contribution < -0.4 is 9.47 Å². The molecule has 1 aromatic heterocycles. The minimum absolute atomic E-state index is 0.0744. The normalized spacial score (nSPS) is 15.0. The maximum Gasteiger partial charge on any atom is 0.354 e. The molecule has 8 nitrogen and oxygen atoms in total. The summed E-state index contributed by atoms with van der Waals surface area (Å²) in [6, 6.07) is 5.00. The SMILES string of the molecule is CC(=O)Oc1cc(OC(C)C)c2cc(C(=O)OCCN3CCOCC3)[nH]c2c1. The van der Waals surface area contributed by atoms with Gasteiger partial charge in [0.2, 0.25) is 0 Å². The minimum atomic E-state index is -0.436. The number of carbonyl (C=O) groups excluding carboxylic acids is 2. The maximum atomic E-state index is 12.4. The van der Waals surface area contributed by atoms with Crippen molar-refractivity contribution in [1.29, 1.82) is 0 Å². The average molecular weight is 390 g/mol. The topological polar surface area (TPSA) is 90.1 Å². The molecule has 1 N–H and O–H groups in total. The zero-order valence-electron chi connectivity index (χ0n) is 16.4. The predicted molar refractivity (Wildman–Crippen MR) is 103 cm³/mol. The first kappa shape index (κ1) is 20.2. The second-order valence-electron chi connectivity index (χ2n) is 6.92. The van der Waals surface area contributed by atoms with E-state index in [-0.39, 0.29) is 6.10 Å². The lowest BCUT2D eigenvalue weighted by Crippen LogP contribution is -2.38. The summed E-state index contributed by atoms with van der Waals surface area (Å²) >= 11 is 0. The largest absolute Gasteiger partial charge is 0.490 e. The number of rotatable bonds is 7. The van der Waals surface area contributed by atoms with Gasteiger partial charge in [0.1, 0.15) is 23.8 Å². The molecule has 0 bridgehead atoms. The van der Waals surface area contributed by atoms with Gasteiger partial charge in [-0.2, -0.15) is 0 Å². The lowest BCUT2D eigenvalue weighted by Gasteiger charge is -2.26. The minimum Gasteiger partial charge on any atom is -0.490 e. The van der Waals surface area contributed by atoms with Crippen molar-refractivity contribution >= 4 is 22.8 Å². The number of ether oxygens (including phenoxy) is 4. The van der Waals surface area contributed by atoms with Crippen molar-refractivity contribution in [3.8, 4) is 11.5 Å². The zero-order chi connectivity index (χ0) is 20.1. The van der Waals surface area contributed by atoms with Crippen molar-refractivity contribution < 1.29 is 28.5 Å². The molecule has 1 aromatic carbocycles. The van der Waals surface area contributed by atoms with Gasteiger partial charge in [-0.3, -0.25) is 9.69 Å². The van der Waals surface area contributed by atoms with E-state index in [1.807, 2.05) is 13.8 Å². The molecule has 1 saturated heterocycles. The first-order chi connectivity index (χ1) is 13.4. The fourth-order valence-corrected chi connectivity index (χ4v) is 3.04. The Balaban J connectivity index is 1.73. The van der Waals surface area contributed by atoms with E-state index < -0.39 is 11.9 Å². The van der Waals surface area contributed by atoms with E-state index in [2.05, 4.69) is 9.88 Å². The Hall–Kier alpha value is -2.58. The molecule has 3 rings (SSSR count). The van der Waals surface area contributed by atoms with Crippen molar-refractivity contribution in [1.82, 2.24) is 9.88 Å². The highest BCUT2D eigenvalue weighted by Crippen LogP contribution is 2.33. The molecule has 1 aliphatic rings. The van der Waals surface area contributed by atoms with Gasteiger partial charge in [0.05, 0.1) is 24.8 Å². The highest BCUT2D eigenvalue weighted by molar-refractivity contribution is 5.97. The summed E-state index contributed by atoms with van der Waals surface area (Å²) in [6.45, 7) is 9.22. The van der Waals surface area contributed by atoms with E-state index in [9.17, 15) is 9.59 Å². The number of benzene rings is 1. The molecule has 8 heteroatoms. The fourth-order valence-electron chi connectivity index (χ4n) is 3.04. The Morgan fingerprint density at radius 1 is 1.21 bits per heavy atom. The van der Waals surface area contributed by atoms with Crippen molar-refractivity contribution in [3.63, 3.8) is 0 Å². The predicted octanol–water partition coefficient (Wildman–Crippen LogP) is 2.37. The average Bonchev–Trinajstić information content (AvgIpc) is 3.06. The third-order valence-electron chi connectivity index (χ3n) is 4.26. The standard InChI is InChI=1S/C20H26N2O6/c1-13(2)27-19-11-15(28-14(3)23)10-17-16(19)12-18(21-17)20(24)26-9-6-22-4-7-25-8-5-22/h10-13,21H,4-9H2,1-3H3. The van der Waals surface area contributed by atoms with Crippen LogP contribution >= 0.6 is 0 Å². The molecule has 2 heterocycles. The summed E-state index contributed by atoms with van der Waals surface area (Å²) in [5.74, 6) is 0.0234. The molecular weight excluding hydrogens is 364 g/mol. The van der Waals surface area contributed by atoms with Crippen LogP contribution in [0, 0.1) is 0 Å². The monoisotopic (exact) mass is 390 g/mol. The molecule has 1 aliphatic heterocycles. The number of nitrogens with one attached hydrogen (secondary N) is 1. The first-order valence-corrected chi connectivity index (χ1v) is 9.41. The Morgan fingerprint density at radius 2 is 1.96 bits per heavy atom. The third-order valence-corrected chi connectivity index (χ3v) is 4.26. The van der Waals surface area contributed by atoms with Crippen LogP contribution in [0.1, 0.15) is 31.3 Å². The maximum absolute atomic E-state index is 12.4. The summed E-state index contributed by atoms with van der Waals surface area (Å²) in [4.78, 5) is 28.9. The second-order valence-corrected chi connectivity index (χ2v) is 6.92. The Labute approximate surface area is 163 Å². The molecule has 152 valence electrons. The van der Waals surface area contributed by atoms with Gasteiger partial charge in [0.25, 0.3) is 0 Å². The van der Waals surface area contributed by atoms with Crippen LogP contribution in [0.25, 0.3) is 10.9 Å². The summed E-state index contributed by atoms with van der Waals surface area (Å²) < 4.78 is 21.7. The lowest BCUT2D eigenvalue weighted by molar-refractivity contribution is -0.131. The van der Waals surface area contributed by atoms with Gasteiger partial charge >= 0.3 is 11.9 Å². The highest BCUT2D eigenvalue weighted by Gasteiger charge is 2.17. The molecular formula is C20H26N2O6. The van der Waals surface area contributed by atoms with Crippen LogP contribution in [0.15, 0.2) is 18.2 Å². The van der Waals surface area contributed by atoms with E-state index >= 15 is 0 Å². The zero-order valence-corrected chi connectivity index (χ0v) is 16.4. The summed E-state index contributed by atoms with van der Waals surface area (Å²) in [5, 5.41) is 0.727. The molecule has 0 atom stereocenters. The third kappa shape index (κ3) is 5.24. The number of aromatic nitrogens is 1. The summed E-state index contributed by atoms with van der Waals surface area (Å²) in [6.07, 6.45) is -0.0744. The summed E-state index contributed by atoms with van der Waals surface area (Å²) in [5.41, 5.74) is 0.958. The van der Waals surface area contributed by atoms with Crippen molar-refractivity contribution in [2.24, 2.45) is 0 Å². The van der Waals surface area contributed by atoms with Crippen molar-refractivity contribution in [2.45, 2.75) is 26.9 Å². The van der Waals surface area contributed by atoms with Crippen LogP contribution in [0.5, 0.6) is 11.5 Å². The Morgan fingerprint density at radius 3 is 2.64 bits per heavy atom. The molecule has 28 heavy (non-hydrogen) atoms. The van der Waals surface area contributed by atoms with Gasteiger partial charge in [0.15, 0.2) is 0 Å². The van der Waals surface area contributed by atoms with Crippen molar-refractivity contribution in [2.75, 3.05) is 39.5 Å². The van der Waals surface area contributed by atoms with E-state index in [1.165, 1.54) is 6.92 Å². The number of hydrogen-bond donors (Lipinski definition) is 1. The molecule has 0 spiro atoms. The van der Waals surface area contributed by atoms with Crippen molar-refractivity contribution in [3.05, 3.63) is 23.9 Å². The van der Waals surface area contributed by atoms with E-state index in [0.29, 0.717) is 49.1 Å². The van der Waals surface area contributed by atoms with Gasteiger partial charge in [-0.15, -0.1) is 0 Å². The number of H-pyrrole nitrogens is 1. The quantitative estimate of drug-likeness (QED) is 0.573. The number of aromatic amines is 1. The summed E-state index contributed by atoms with van der Waals surface area (Å²) in [7, 11) is 0. The van der Waals surface area contributed by atoms with E-state index in [0.717, 1.165) is 18.5 Å². The van der Waals surface area contributed by atoms with Crippen LogP contribution in [0.2, 0.25) is 0 Å². The molecule has 0 amide bonds. The van der Waals surface area contributed by atoms with E-state index in [1.54, 1.807) is 18.2 Å². The van der Waals surface area contributed by atoms with Crippen LogP contribution in [-0.4, -0.2) is 67.4 Å².